The number of hydrogen-bond donors (Lipinski definition) is 2. The van der Waals surface area contributed by atoms with Crippen LogP contribution in [0, 0.1) is 0 Å². The van der Waals surface area contributed by atoms with E-state index in [1.807, 2.05) is 30.3 Å². The molecule has 7 nitrogen and oxygen atoms in total. The zero-order valence-electron chi connectivity index (χ0n) is 13.3. The summed E-state index contributed by atoms with van der Waals surface area (Å²) in [7, 11) is 1.67. The first-order chi connectivity index (χ1) is 11.6. The summed E-state index contributed by atoms with van der Waals surface area (Å²) in [6, 6.07) is 11.1. The monoisotopic (exact) mass is 326 g/mol. The summed E-state index contributed by atoms with van der Waals surface area (Å²) < 4.78 is 5.52. The van der Waals surface area contributed by atoms with Crippen molar-refractivity contribution in [2.24, 2.45) is 0 Å². The third-order valence-corrected chi connectivity index (χ3v) is 3.67. The van der Waals surface area contributed by atoms with Crippen LogP contribution in [0.25, 0.3) is 0 Å². The quantitative estimate of drug-likeness (QED) is 0.809. The fraction of sp³-hybridized carbons (Fsp3) is 0.235. The van der Waals surface area contributed by atoms with Gasteiger partial charge in [-0.25, -0.2) is 4.98 Å². The van der Waals surface area contributed by atoms with Gasteiger partial charge in [0.15, 0.2) is 0 Å². The zero-order chi connectivity index (χ0) is 16.9. The lowest BCUT2D eigenvalue weighted by Gasteiger charge is -2.26. The lowest BCUT2D eigenvalue weighted by Crippen LogP contribution is -2.37. The Morgan fingerprint density at radius 1 is 1.38 bits per heavy atom. The minimum absolute atomic E-state index is 0.0712. The van der Waals surface area contributed by atoms with E-state index in [-0.39, 0.29) is 18.4 Å². The van der Waals surface area contributed by atoms with Crippen LogP contribution in [0.3, 0.4) is 0 Å². The number of pyridine rings is 1. The van der Waals surface area contributed by atoms with Crippen LogP contribution in [-0.4, -0.2) is 43.5 Å². The summed E-state index contributed by atoms with van der Waals surface area (Å²) in [5.74, 6) is 1.03. The van der Waals surface area contributed by atoms with Gasteiger partial charge in [0.2, 0.25) is 5.91 Å². The summed E-state index contributed by atoms with van der Waals surface area (Å²) in [6.07, 6.45) is 1.49. The summed E-state index contributed by atoms with van der Waals surface area (Å²) in [4.78, 5) is 29.6. The smallest absolute Gasteiger partial charge is 0.253 e. The van der Waals surface area contributed by atoms with Crippen LogP contribution in [-0.2, 0) is 4.79 Å². The van der Waals surface area contributed by atoms with E-state index in [2.05, 4.69) is 15.6 Å². The molecule has 0 fully saturated rings. The second-order valence-corrected chi connectivity index (χ2v) is 5.32. The third kappa shape index (κ3) is 3.45. The van der Waals surface area contributed by atoms with Gasteiger partial charge in [0.1, 0.15) is 18.2 Å². The molecule has 1 aliphatic rings. The maximum atomic E-state index is 12.2. The van der Waals surface area contributed by atoms with E-state index in [1.165, 1.54) is 11.1 Å². The van der Waals surface area contributed by atoms with Crippen molar-refractivity contribution in [3.05, 3.63) is 48.2 Å². The molecule has 124 valence electrons. The first-order valence-corrected chi connectivity index (χ1v) is 7.61. The molecule has 1 aliphatic heterocycles. The standard InChI is InChI=1S/C17H18N4O3/c1-21-14-9-12(10-19-16(14)20-11-15(21)22)17(23)18-7-8-24-13-5-3-2-4-6-13/h2-6,9-10H,7-8,11H2,1H3,(H,18,23)(H,19,20). The second kappa shape index (κ2) is 6.99. The number of nitrogens with zero attached hydrogens (tertiary/aromatic N) is 2. The van der Waals surface area contributed by atoms with E-state index in [0.29, 0.717) is 30.2 Å². The van der Waals surface area contributed by atoms with Gasteiger partial charge >= 0.3 is 0 Å². The van der Waals surface area contributed by atoms with Crippen LogP contribution >= 0.6 is 0 Å². The lowest BCUT2D eigenvalue weighted by atomic mass is 10.2. The highest BCUT2D eigenvalue weighted by atomic mass is 16.5. The minimum Gasteiger partial charge on any atom is -0.492 e. The lowest BCUT2D eigenvalue weighted by molar-refractivity contribution is -0.116. The van der Waals surface area contributed by atoms with Crippen molar-refractivity contribution in [2.75, 3.05) is 37.0 Å². The van der Waals surface area contributed by atoms with Crippen LogP contribution in [0.2, 0.25) is 0 Å². The van der Waals surface area contributed by atoms with Crippen molar-refractivity contribution in [2.45, 2.75) is 0 Å². The van der Waals surface area contributed by atoms with Gasteiger partial charge in [0.05, 0.1) is 24.3 Å². The number of aromatic nitrogens is 1. The minimum atomic E-state index is -0.256. The highest BCUT2D eigenvalue weighted by molar-refractivity contribution is 6.03. The summed E-state index contributed by atoms with van der Waals surface area (Å²) in [5.41, 5.74) is 0.997. The van der Waals surface area contributed by atoms with Crippen LogP contribution in [0.1, 0.15) is 10.4 Å². The number of benzene rings is 1. The molecule has 2 heterocycles. The fourth-order valence-electron chi connectivity index (χ4n) is 2.33. The van der Waals surface area contributed by atoms with Gasteiger partial charge in [-0.3, -0.25) is 9.59 Å². The van der Waals surface area contributed by atoms with Gasteiger partial charge < -0.3 is 20.3 Å². The second-order valence-electron chi connectivity index (χ2n) is 5.32. The molecule has 3 rings (SSSR count). The molecule has 0 atom stereocenters. The van der Waals surface area contributed by atoms with Crippen LogP contribution in [0.15, 0.2) is 42.6 Å². The van der Waals surface area contributed by atoms with E-state index in [4.69, 9.17) is 4.74 Å². The topological polar surface area (TPSA) is 83.6 Å². The van der Waals surface area contributed by atoms with Crippen molar-refractivity contribution in [1.29, 1.82) is 0 Å². The van der Waals surface area contributed by atoms with Gasteiger partial charge in [-0.2, -0.15) is 0 Å². The van der Waals surface area contributed by atoms with Crippen molar-refractivity contribution >= 4 is 23.3 Å². The summed E-state index contributed by atoms with van der Waals surface area (Å²) in [5, 5.41) is 5.70. The van der Waals surface area contributed by atoms with Gasteiger partial charge in [0, 0.05) is 13.2 Å². The molecule has 0 saturated heterocycles. The molecule has 0 spiro atoms. The molecule has 1 aromatic heterocycles. The number of nitrogens with one attached hydrogen (secondary N) is 2. The van der Waals surface area contributed by atoms with Gasteiger partial charge in [-0.1, -0.05) is 18.2 Å². The molecule has 0 radical (unpaired) electrons. The molecule has 2 amide bonds. The number of ether oxygens (including phenoxy) is 1. The summed E-state index contributed by atoms with van der Waals surface area (Å²) in [6.45, 7) is 0.949. The molecule has 2 aromatic rings. The molecule has 7 heteroatoms. The average molecular weight is 326 g/mol. The van der Waals surface area contributed by atoms with Gasteiger partial charge in [-0.15, -0.1) is 0 Å². The van der Waals surface area contributed by atoms with Crippen molar-refractivity contribution < 1.29 is 14.3 Å². The predicted molar refractivity (Wildman–Crippen MR) is 90.4 cm³/mol. The van der Waals surface area contributed by atoms with Gasteiger partial charge in [-0.05, 0) is 18.2 Å². The Morgan fingerprint density at radius 2 is 2.17 bits per heavy atom. The molecular formula is C17H18N4O3. The average Bonchev–Trinajstić information content (AvgIpc) is 2.62. The Balaban J connectivity index is 1.56. The van der Waals surface area contributed by atoms with E-state index >= 15 is 0 Å². The van der Waals surface area contributed by atoms with Crippen molar-refractivity contribution in [1.82, 2.24) is 10.3 Å². The number of anilines is 2. The Labute approximate surface area is 139 Å². The number of para-hydroxylation sites is 1. The Bertz CT molecular complexity index is 749. The maximum absolute atomic E-state index is 12.2. The third-order valence-electron chi connectivity index (χ3n) is 3.67. The molecule has 0 aliphatic carbocycles. The normalized spacial score (nSPS) is 13.0. The largest absolute Gasteiger partial charge is 0.492 e. The number of carbonyl (C=O) groups excluding carboxylic acids is 2. The first kappa shape index (κ1) is 15.8. The molecule has 2 N–H and O–H groups in total. The molecule has 24 heavy (non-hydrogen) atoms. The fourth-order valence-corrected chi connectivity index (χ4v) is 2.33. The number of likely N-dealkylation sites (N-methyl/N-ethyl adjacent to an activating group) is 1. The Hall–Kier alpha value is -3.09. The van der Waals surface area contributed by atoms with E-state index < -0.39 is 0 Å². The number of rotatable bonds is 5. The summed E-state index contributed by atoms with van der Waals surface area (Å²) >= 11 is 0. The van der Waals surface area contributed by atoms with Crippen LogP contribution < -0.4 is 20.3 Å². The molecule has 0 unspecified atom stereocenters. The Morgan fingerprint density at radius 3 is 2.96 bits per heavy atom. The van der Waals surface area contributed by atoms with Gasteiger partial charge in [0.25, 0.3) is 5.91 Å². The first-order valence-electron chi connectivity index (χ1n) is 7.61. The van der Waals surface area contributed by atoms with Crippen molar-refractivity contribution in [3.63, 3.8) is 0 Å². The molecular weight excluding hydrogens is 308 g/mol. The highest BCUT2D eigenvalue weighted by Crippen LogP contribution is 2.26. The highest BCUT2D eigenvalue weighted by Gasteiger charge is 2.22. The number of amides is 2. The predicted octanol–water partition coefficient (Wildman–Crippen LogP) is 1.28. The Kier molecular flexibility index (Phi) is 4.60. The number of fused-ring (bicyclic) bond motifs is 1. The van der Waals surface area contributed by atoms with Crippen molar-refractivity contribution in [3.8, 4) is 5.75 Å². The molecule has 1 aromatic carbocycles. The van der Waals surface area contributed by atoms with Crippen LogP contribution in [0.5, 0.6) is 5.75 Å². The SMILES string of the molecule is CN1C(=O)CNc2ncc(C(=O)NCCOc3ccccc3)cc21. The number of hydrogen-bond acceptors (Lipinski definition) is 5. The molecule has 0 bridgehead atoms. The zero-order valence-corrected chi connectivity index (χ0v) is 13.3. The maximum Gasteiger partial charge on any atom is 0.253 e. The van der Waals surface area contributed by atoms with Crippen LogP contribution in [0.4, 0.5) is 11.5 Å². The number of carbonyl (C=O) groups is 2. The van der Waals surface area contributed by atoms with E-state index in [0.717, 1.165) is 5.75 Å². The van der Waals surface area contributed by atoms with E-state index in [1.54, 1.807) is 13.1 Å². The van der Waals surface area contributed by atoms with E-state index in [9.17, 15) is 9.59 Å². The molecule has 0 saturated carbocycles.